The Kier molecular flexibility index (Phi) is 9.01. The molecule has 0 atom stereocenters. The summed E-state index contributed by atoms with van der Waals surface area (Å²) in [4.78, 5) is 10.1. The van der Waals surface area contributed by atoms with E-state index in [0.717, 1.165) is 74.0 Å². The van der Waals surface area contributed by atoms with E-state index >= 15 is 0 Å². The second-order valence-corrected chi connectivity index (χ2v) is 18.5. The summed E-state index contributed by atoms with van der Waals surface area (Å²) < 4.78 is 14.0. The van der Waals surface area contributed by atoms with Gasteiger partial charge in [0.15, 0.2) is 0 Å². The highest BCUT2D eigenvalue weighted by atomic mass is 16.5. The van der Waals surface area contributed by atoms with Gasteiger partial charge in [-0.3, -0.25) is 4.57 Å². The Morgan fingerprint density at radius 3 is 1.50 bits per heavy atom. The van der Waals surface area contributed by atoms with Crippen LogP contribution in [0.15, 0.2) is 225 Å². The summed E-state index contributed by atoms with van der Waals surface area (Å²) >= 11 is 0. The summed E-state index contributed by atoms with van der Waals surface area (Å²) in [6.07, 6.45) is 11.1. The van der Waals surface area contributed by atoms with Gasteiger partial charge in [0, 0.05) is 74.8 Å². The normalized spacial score (nSPS) is 14.1. The molecule has 0 radical (unpaired) electrons. The highest BCUT2D eigenvalue weighted by molar-refractivity contribution is 6.13. The zero-order valence-corrected chi connectivity index (χ0v) is 38.7. The highest BCUT2D eigenvalue weighted by Gasteiger charge is 2.31. The molecule has 0 fully saturated rings. The molecule has 5 heterocycles. The third-order valence-corrected chi connectivity index (χ3v) is 14.5. The third kappa shape index (κ3) is 6.11. The van der Waals surface area contributed by atoms with Gasteiger partial charge in [0.25, 0.3) is 0 Å². The topological polar surface area (TPSA) is 43.4 Å². The fraction of sp³-hybridized carbons (Fsp3) is 0.0635. The maximum atomic E-state index is 6.74. The van der Waals surface area contributed by atoms with Crippen molar-refractivity contribution < 1.29 is 4.74 Å². The first-order chi connectivity index (χ1) is 34.6. The molecule has 4 aromatic heterocycles. The minimum absolute atomic E-state index is 0.224. The molecule has 1 aliphatic heterocycles. The van der Waals surface area contributed by atoms with Crippen LogP contribution in [-0.2, 0) is 0 Å². The molecular weight excluding hydrogens is 857 g/mol. The van der Waals surface area contributed by atoms with Gasteiger partial charge in [-0.05, 0) is 103 Å². The lowest BCUT2D eigenvalue weighted by molar-refractivity contribution is 0.483. The van der Waals surface area contributed by atoms with Crippen molar-refractivity contribution in [3.05, 3.63) is 236 Å². The van der Waals surface area contributed by atoms with E-state index in [2.05, 4.69) is 256 Å². The molecule has 0 N–H and O–H groups in total. The van der Waals surface area contributed by atoms with Crippen LogP contribution in [0.2, 0.25) is 0 Å². The predicted octanol–water partition coefficient (Wildman–Crippen LogP) is 15.8. The van der Waals surface area contributed by atoms with Gasteiger partial charge in [-0.15, -0.1) is 0 Å². The first-order valence-corrected chi connectivity index (χ1v) is 24.0. The Labute approximate surface area is 404 Å². The molecule has 1 aliphatic carbocycles. The van der Waals surface area contributed by atoms with Crippen molar-refractivity contribution in [2.24, 2.45) is 0 Å². The van der Waals surface area contributed by atoms with E-state index in [-0.39, 0.29) is 5.92 Å². The van der Waals surface area contributed by atoms with Crippen molar-refractivity contribution in [3.8, 4) is 17.3 Å². The number of ether oxygens (including phenoxy) is 1. The summed E-state index contributed by atoms with van der Waals surface area (Å²) in [5, 5.41) is 7.21. The van der Waals surface area contributed by atoms with Gasteiger partial charge in [0.1, 0.15) is 17.3 Å². The van der Waals surface area contributed by atoms with Crippen LogP contribution >= 0.6 is 0 Å². The van der Waals surface area contributed by atoms with E-state index in [1.807, 2.05) is 6.07 Å². The summed E-state index contributed by atoms with van der Waals surface area (Å²) in [6, 6.07) is 69.4. The molecule has 0 saturated heterocycles. The number of nitrogens with zero attached hydrogens (tertiary/aromatic N) is 6. The van der Waals surface area contributed by atoms with Gasteiger partial charge in [0.05, 0.1) is 57.1 Å². The van der Waals surface area contributed by atoms with E-state index < -0.39 is 0 Å². The smallest absolute Gasteiger partial charge is 0.137 e. The van der Waals surface area contributed by atoms with Gasteiger partial charge < -0.3 is 23.7 Å². The molecule has 0 bridgehead atoms. The number of pyridine rings is 1. The monoisotopic (exact) mass is 902 g/mol. The van der Waals surface area contributed by atoms with Gasteiger partial charge in [-0.2, -0.15) is 0 Å². The maximum absolute atomic E-state index is 6.74. The molecule has 0 amide bonds. The SMILES string of the molecule is Cc1cc(-n2c3ccccc3c3ccc(Oc4cccc(N5CN(C)c6ccccc65)c4)cc32)ncc1C1C(n2c3ccccc3c3ccccc32)=CC=CC=C1n1c2ccccc2c2ccccc21. The van der Waals surface area contributed by atoms with E-state index in [4.69, 9.17) is 9.72 Å². The van der Waals surface area contributed by atoms with Crippen LogP contribution in [0.25, 0.3) is 82.6 Å². The number of anilines is 3. The van der Waals surface area contributed by atoms with Crippen LogP contribution < -0.4 is 14.5 Å². The van der Waals surface area contributed by atoms with Crippen LogP contribution in [0, 0.1) is 6.92 Å². The zero-order chi connectivity index (χ0) is 46.5. The molecule has 7 heteroatoms. The third-order valence-electron chi connectivity index (χ3n) is 14.5. The molecule has 0 saturated carbocycles. The number of allylic oxidation sites excluding steroid dienone is 6. The molecule has 0 unspecified atom stereocenters. The maximum Gasteiger partial charge on any atom is 0.137 e. The number of para-hydroxylation sites is 7. The number of hydrogen-bond donors (Lipinski definition) is 0. The Morgan fingerprint density at radius 1 is 0.457 bits per heavy atom. The van der Waals surface area contributed by atoms with Crippen molar-refractivity contribution in [2.45, 2.75) is 12.8 Å². The Morgan fingerprint density at radius 2 is 0.943 bits per heavy atom. The molecule has 14 rings (SSSR count). The molecule has 8 aromatic carbocycles. The molecule has 334 valence electrons. The molecule has 70 heavy (non-hydrogen) atoms. The predicted molar refractivity (Wildman–Crippen MR) is 291 cm³/mol. The Hall–Kier alpha value is -9.07. The Bertz CT molecular complexity index is 3960. The number of fused-ring (bicyclic) bond motifs is 10. The Balaban J connectivity index is 0.924. The second kappa shape index (κ2) is 15.8. The van der Waals surface area contributed by atoms with Crippen molar-refractivity contribution in [1.82, 2.24) is 18.7 Å². The first-order valence-electron chi connectivity index (χ1n) is 24.0. The van der Waals surface area contributed by atoms with E-state index in [1.165, 1.54) is 55.0 Å². The highest BCUT2D eigenvalue weighted by Crippen LogP contribution is 2.47. The number of rotatable bonds is 7. The average Bonchev–Trinajstić information content (AvgIpc) is 4.09. The van der Waals surface area contributed by atoms with Crippen LogP contribution in [0.4, 0.5) is 17.1 Å². The number of aromatic nitrogens is 4. The minimum atomic E-state index is -0.224. The lowest BCUT2D eigenvalue weighted by Crippen LogP contribution is -2.23. The van der Waals surface area contributed by atoms with Crippen molar-refractivity contribution in [1.29, 1.82) is 0 Å². The van der Waals surface area contributed by atoms with E-state index in [1.54, 1.807) is 0 Å². The molecule has 7 nitrogen and oxygen atoms in total. The summed E-state index contributed by atoms with van der Waals surface area (Å²) in [6.45, 7) is 3.02. The van der Waals surface area contributed by atoms with E-state index in [0.29, 0.717) is 0 Å². The van der Waals surface area contributed by atoms with Gasteiger partial charge >= 0.3 is 0 Å². The van der Waals surface area contributed by atoms with Gasteiger partial charge in [-0.1, -0.05) is 121 Å². The first kappa shape index (κ1) is 40.0. The van der Waals surface area contributed by atoms with Crippen molar-refractivity contribution >= 4 is 93.9 Å². The van der Waals surface area contributed by atoms with Crippen molar-refractivity contribution in [3.63, 3.8) is 0 Å². The number of aryl methyl sites for hydroxylation is 1. The van der Waals surface area contributed by atoms with Crippen LogP contribution in [0.1, 0.15) is 17.0 Å². The average molecular weight is 903 g/mol. The van der Waals surface area contributed by atoms with Gasteiger partial charge in [-0.25, -0.2) is 4.98 Å². The summed E-state index contributed by atoms with van der Waals surface area (Å²) in [7, 11) is 2.13. The summed E-state index contributed by atoms with van der Waals surface area (Å²) in [5.74, 6) is 2.16. The van der Waals surface area contributed by atoms with Crippen LogP contribution in [0.5, 0.6) is 11.5 Å². The molecule has 2 aliphatic rings. The number of hydrogen-bond acceptors (Lipinski definition) is 4. The lowest BCUT2D eigenvalue weighted by atomic mass is 9.89. The fourth-order valence-electron chi connectivity index (χ4n) is 11.5. The number of benzene rings is 8. The standard InChI is InChI=1S/C63H46N6O/c1-41-36-62(69-56-29-12-7-24-49(56)50-35-34-44(38-61(50)69)70-43-19-17-18-42(37-43)66-40-65(2)57-30-13-14-31-58(57)66)64-39-51(41)63-59(67-52-25-8-3-20-45(52)46-21-4-9-26-53(46)67)32-15-16-33-60(63)68-54-27-10-5-22-47(54)48-23-6-11-28-55(48)68/h3-39,63H,40H2,1-2H3. The van der Waals surface area contributed by atoms with Crippen LogP contribution in [-0.4, -0.2) is 32.4 Å². The van der Waals surface area contributed by atoms with Crippen LogP contribution in [0.3, 0.4) is 0 Å². The van der Waals surface area contributed by atoms with Gasteiger partial charge in [0.2, 0.25) is 0 Å². The second-order valence-electron chi connectivity index (χ2n) is 18.5. The largest absolute Gasteiger partial charge is 0.457 e. The lowest BCUT2D eigenvalue weighted by Gasteiger charge is -2.28. The van der Waals surface area contributed by atoms with Crippen molar-refractivity contribution in [2.75, 3.05) is 23.5 Å². The molecule has 0 spiro atoms. The molecular formula is C63H46N6O. The minimum Gasteiger partial charge on any atom is -0.457 e. The molecule has 12 aromatic rings. The quantitative estimate of drug-likeness (QED) is 0.160. The fourth-order valence-corrected chi connectivity index (χ4v) is 11.5. The zero-order valence-electron chi connectivity index (χ0n) is 38.7. The van der Waals surface area contributed by atoms with E-state index in [9.17, 15) is 0 Å². The summed E-state index contributed by atoms with van der Waals surface area (Å²) in [5.41, 5.74) is 14.9.